The number of hydrogen-bond donors (Lipinski definition) is 2. The molecular weight excluding hydrogens is 275 g/mol. The van der Waals surface area contributed by atoms with Crippen molar-refractivity contribution < 1.29 is 18.7 Å². The standard InChI is InChI=1S/C15H23FN2O3/c1-14(2,3)21-13(19)18-10-6-7-12(16)11(8-10)15(4,9-17)20-5/h6-8H,9,17H2,1-5H3,(H,18,19). The summed E-state index contributed by atoms with van der Waals surface area (Å²) in [6.45, 7) is 7.08. The zero-order chi connectivity index (χ0) is 16.3. The van der Waals surface area contributed by atoms with Crippen molar-refractivity contribution >= 4 is 11.8 Å². The lowest BCUT2D eigenvalue weighted by Crippen LogP contribution is -2.35. The summed E-state index contributed by atoms with van der Waals surface area (Å²) in [5, 5.41) is 2.56. The summed E-state index contributed by atoms with van der Waals surface area (Å²) < 4.78 is 24.4. The largest absolute Gasteiger partial charge is 0.444 e. The zero-order valence-corrected chi connectivity index (χ0v) is 13.1. The molecule has 0 saturated heterocycles. The highest BCUT2D eigenvalue weighted by Crippen LogP contribution is 2.28. The van der Waals surface area contributed by atoms with Gasteiger partial charge in [-0.3, -0.25) is 5.32 Å². The van der Waals surface area contributed by atoms with Gasteiger partial charge in [0.25, 0.3) is 0 Å². The molecule has 118 valence electrons. The van der Waals surface area contributed by atoms with Crippen molar-refractivity contribution in [2.45, 2.75) is 38.9 Å². The number of amides is 1. The van der Waals surface area contributed by atoms with E-state index in [0.29, 0.717) is 5.69 Å². The van der Waals surface area contributed by atoms with E-state index in [2.05, 4.69) is 5.32 Å². The molecule has 0 aliphatic heterocycles. The van der Waals surface area contributed by atoms with Gasteiger partial charge in [0.05, 0.1) is 0 Å². The van der Waals surface area contributed by atoms with Gasteiger partial charge in [0.1, 0.15) is 17.0 Å². The van der Waals surface area contributed by atoms with Crippen LogP contribution in [0.3, 0.4) is 0 Å². The smallest absolute Gasteiger partial charge is 0.412 e. The van der Waals surface area contributed by atoms with E-state index in [4.69, 9.17) is 15.2 Å². The molecule has 0 fully saturated rings. The van der Waals surface area contributed by atoms with Gasteiger partial charge in [-0.15, -0.1) is 0 Å². The van der Waals surface area contributed by atoms with Crippen LogP contribution in [0.4, 0.5) is 14.9 Å². The lowest BCUT2D eigenvalue weighted by Gasteiger charge is -2.28. The Hall–Kier alpha value is -1.66. The van der Waals surface area contributed by atoms with Crippen LogP contribution in [-0.4, -0.2) is 25.3 Å². The maximum atomic E-state index is 14.0. The van der Waals surface area contributed by atoms with E-state index >= 15 is 0 Å². The molecule has 21 heavy (non-hydrogen) atoms. The summed E-state index contributed by atoms with van der Waals surface area (Å²) >= 11 is 0. The van der Waals surface area contributed by atoms with E-state index in [0.717, 1.165) is 0 Å². The van der Waals surface area contributed by atoms with Gasteiger partial charge in [-0.2, -0.15) is 0 Å². The van der Waals surface area contributed by atoms with E-state index in [9.17, 15) is 9.18 Å². The molecule has 1 atom stereocenters. The second-order valence-corrected chi connectivity index (χ2v) is 5.96. The molecule has 0 heterocycles. The zero-order valence-electron chi connectivity index (χ0n) is 13.1. The van der Waals surface area contributed by atoms with Gasteiger partial charge in [-0.05, 0) is 45.9 Å². The maximum absolute atomic E-state index is 14.0. The topological polar surface area (TPSA) is 73.6 Å². The number of ether oxygens (including phenoxy) is 2. The average Bonchev–Trinajstić information content (AvgIpc) is 2.38. The molecule has 0 saturated carbocycles. The number of benzene rings is 1. The lowest BCUT2D eigenvalue weighted by atomic mass is 9.95. The Morgan fingerprint density at radius 3 is 2.43 bits per heavy atom. The molecule has 0 aromatic heterocycles. The number of halogens is 1. The van der Waals surface area contributed by atoms with Crippen LogP contribution in [-0.2, 0) is 15.1 Å². The molecule has 1 aromatic carbocycles. The molecule has 3 N–H and O–H groups in total. The molecule has 0 aliphatic carbocycles. The highest BCUT2D eigenvalue weighted by atomic mass is 19.1. The third-order valence-electron chi connectivity index (χ3n) is 3.02. The molecule has 1 rings (SSSR count). The minimum absolute atomic E-state index is 0.107. The van der Waals surface area contributed by atoms with E-state index in [1.807, 2.05) is 0 Å². The molecule has 1 amide bonds. The predicted octanol–water partition coefficient (Wildman–Crippen LogP) is 2.99. The molecule has 0 spiro atoms. The summed E-state index contributed by atoms with van der Waals surface area (Å²) in [4.78, 5) is 11.7. The highest BCUT2D eigenvalue weighted by Gasteiger charge is 2.28. The summed E-state index contributed by atoms with van der Waals surface area (Å²) in [5.74, 6) is -0.445. The van der Waals surface area contributed by atoms with E-state index in [1.54, 1.807) is 27.7 Å². The lowest BCUT2D eigenvalue weighted by molar-refractivity contribution is 0.00720. The SMILES string of the molecule is COC(C)(CN)c1cc(NC(=O)OC(C)(C)C)ccc1F. The van der Waals surface area contributed by atoms with Crippen molar-refractivity contribution in [3.63, 3.8) is 0 Å². The molecule has 0 radical (unpaired) electrons. The number of nitrogens with two attached hydrogens (primary N) is 1. The van der Waals surface area contributed by atoms with E-state index < -0.39 is 23.1 Å². The normalized spacial score (nSPS) is 14.4. The maximum Gasteiger partial charge on any atom is 0.412 e. The van der Waals surface area contributed by atoms with Crippen LogP contribution in [0.1, 0.15) is 33.3 Å². The number of anilines is 1. The molecule has 5 nitrogen and oxygen atoms in total. The molecule has 0 bridgehead atoms. The van der Waals surface area contributed by atoms with Gasteiger partial charge >= 0.3 is 6.09 Å². The Labute approximate surface area is 124 Å². The first-order chi connectivity index (χ1) is 9.61. The quantitative estimate of drug-likeness (QED) is 0.896. The molecule has 1 aromatic rings. The second kappa shape index (κ2) is 6.41. The van der Waals surface area contributed by atoms with Gasteiger partial charge in [-0.1, -0.05) is 0 Å². The second-order valence-electron chi connectivity index (χ2n) is 5.96. The van der Waals surface area contributed by atoms with Crippen LogP contribution < -0.4 is 11.1 Å². The number of hydrogen-bond acceptors (Lipinski definition) is 4. The Bertz CT molecular complexity index is 508. The fourth-order valence-corrected chi connectivity index (χ4v) is 1.73. The van der Waals surface area contributed by atoms with Crippen LogP contribution in [0.2, 0.25) is 0 Å². The van der Waals surface area contributed by atoms with Gasteiger partial charge < -0.3 is 15.2 Å². The first-order valence-corrected chi connectivity index (χ1v) is 6.66. The van der Waals surface area contributed by atoms with Gasteiger partial charge in [-0.25, -0.2) is 9.18 Å². The third-order valence-corrected chi connectivity index (χ3v) is 3.02. The first kappa shape index (κ1) is 17.4. The Morgan fingerprint density at radius 2 is 1.95 bits per heavy atom. The van der Waals surface area contributed by atoms with Gasteiger partial charge in [0.15, 0.2) is 0 Å². The molecular formula is C15H23FN2O3. The Balaban J connectivity index is 3.00. The van der Waals surface area contributed by atoms with Gasteiger partial charge in [0.2, 0.25) is 0 Å². The molecule has 1 unspecified atom stereocenters. The van der Waals surface area contributed by atoms with Crippen LogP contribution >= 0.6 is 0 Å². The van der Waals surface area contributed by atoms with Crippen molar-refractivity contribution in [2.24, 2.45) is 5.73 Å². The van der Waals surface area contributed by atoms with E-state index in [-0.39, 0.29) is 12.1 Å². The third kappa shape index (κ3) is 4.68. The first-order valence-electron chi connectivity index (χ1n) is 6.66. The van der Waals surface area contributed by atoms with Gasteiger partial charge in [0, 0.05) is 24.9 Å². The average molecular weight is 298 g/mol. The highest BCUT2D eigenvalue weighted by molar-refractivity contribution is 5.85. The number of rotatable bonds is 4. The molecule has 6 heteroatoms. The number of carbonyl (C=O) groups is 1. The monoisotopic (exact) mass is 298 g/mol. The van der Waals surface area contributed by atoms with Crippen molar-refractivity contribution in [3.05, 3.63) is 29.6 Å². The van der Waals surface area contributed by atoms with Crippen LogP contribution in [0.25, 0.3) is 0 Å². The van der Waals surface area contributed by atoms with Crippen molar-refractivity contribution in [1.82, 2.24) is 0 Å². The van der Waals surface area contributed by atoms with E-state index in [1.165, 1.54) is 25.3 Å². The van der Waals surface area contributed by atoms with Crippen LogP contribution in [0.15, 0.2) is 18.2 Å². The van der Waals surface area contributed by atoms with Crippen LogP contribution in [0, 0.1) is 5.82 Å². The minimum atomic E-state index is -0.963. The summed E-state index contributed by atoms with van der Waals surface area (Å²) in [7, 11) is 1.46. The minimum Gasteiger partial charge on any atom is -0.444 e. The number of methoxy groups -OCH3 is 1. The Morgan fingerprint density at radius 1 is 1.33 bits per heavy atom. The van der Waals surface area contributed by atoms with Crippen molar-refractivity contribution in [3.8, 4) is 0 Å². The molecule has 0 aliphatic rings. The fraction of sp³-hybridized carbons (Fsp3) is 0.533. The summed E-state index contributed by atoms with van der Waals surface area (Å²) in [5.41, 5.74) is 4.77. The number of nitrogens with one attached hydrogen (secondary N) is 1. The summed E-state index contributed by atoms with van der Waals surface area (Å²) in [6, 6.07) is 4.21. The fourth-order valence-electron chi connectivity index (χ4n) is 1.73. The van der Waals surface area contributed by atoms with Crippen LogP contribution in [0.5, 0.6) is 0 Å². The van der Waals surface area contributed by atoms with Crippen molar-refractivity contribution in [1.29, 1.82) is 0 Å². The summed E-state index contributed by atoms with van der Waals surface area (Å²) in [6.07, 6.45) is -0.605. The Kier molecular flexibility index (Phi) is 5.31. The van der Waals surface area contributed by atoms with Crippen molar-refractivity contribution in [2.75, 3.05) is 19.0 Å². The number of carbonyl (C=O) groups excluding carboxylic acids is 1. The predicted molar refractivity (Wildman–Crippen MR) is 79.7 cm³/mol.